The van der Waals surface area contributed by atoms with Crippen LogP contribution in [-0.4, -0.2) is 16.7 Å². The maximum absolute atomic E-state index is 14.1. The summed E-state index contributed by atoms with van der Waals surface area (Å²) in [5.41, 5.74) is 2.36. The second-order valence-electron chi connectivity index (χ2n) is 6.87. The molecule has 0 unspecified atom stereocenters. The average Bonchev–Trinajstić information content (AvgIpc) is 2.74. The molecule has 158 valence electrons. The molecule has 1 aromatic heterocycles. The van der Waals surface area contributed by atoms with Crippen molar-refractivity contribution >= 4 is 34.1 Å². The van der Waals surface area contributed by atoms with Gasteiger partial charge in [0, 0.05) is 45.1 Å². The van der Waals surface area contributed by atoms with E-state index in [0.717, 1.165) is 5.39 Å². The SMILES string of the molecule is OCCc1c(OCc2c(F)cccc2F)nc2ccc(Cl)cc2c1-c1ccccc1Cl. The van der Waals surface area contributed by atoms with Crippen LogP contribution in [0.4, 0.5) is 8.78 Å². The summed E-state index contributed by atoms with van der Waals surface area (Å²) in [7, 11) is 0. The second kappa shape index (κ2) is 9.18. The number of benzene rings is 3. The number of ether oxygens (including phenoxy) is 1. The van der Waals surface area contributed by atoms with Gasteiger partial charge in [-0.15, -0.1) is 0 Å². The first kappa shape index (κ1) is 21.5. The number of aliphatic hydroxyl groups is 1. The Morgan fingerprint density at radius 2 is 1.65 bits per heavy atom. The largest absolute Gasteiger partial charge is 0.472 e. The Labute approximate surface area is 187 Å². The van der Waals surface area contributed by atoms with Crippen molar-refractivity contribution in [2.45, 2.75) is 13.0 Å². The third kappa shape index (κ3) is 4.35. The smallest absolute Gasteiger partial charge is 0.218 e. The molecule has 1 N–H and O–H groups in total. The van der Waals surface area contributed by atoms with Crippen molar-refractivity contribution in [3.05, 3.63) is 93.5 Å². The number of halogens is 4. The minimum absolute atomic E-state index is 0.168. The van der Waals surface area contributed by atoms with Crippen molar-refractivity contribution in [2.24, 2.45) is 0 Å². The van der Waals surface area contributed by atoms with E-state index in [1.54, 1.807) is 24.3 Å². The maximum atomic E-state index is 14.1. The van der Waals surface area contributed by atoms with Crippen molar-refractivity contribution in [2.75, 3.05) is 6.61 Å². The van der Waals surface area contributed by atoms with Gasteiger partial charge in [-0.3, -0.25) is 0 Å². The Morgan fingerprint density at radius 3 is 2.35 bits per heavy atom. The van der Waals surface area contributed by atoms with Crippen LogP contribution in [0.25, 0.3) is 22.0 Å². The fraction of sp³-hybridized carbons (Fsp3) is 0.125. The minimum atomic E-state index is -0.706. The van der Waals surface area contributed by atoms with Gasteiger partial charge in [0.05, 0.1) is 11.1 Å². The van der Waals surface area contributed by atoms with Gasteiger partial charge in [-0.05, 0) is 36.4 Å². The Balaban J connectivity index is 1.92. The molecule has 31 heavy (non-hydrogen) atoms. The molecule has 0 spiro atoms. The van der Waals surface area contributed by atoms with E-state index in [1.807, 2.05) is 18.2 Å². The lowest BCUT2D eigenvalue weighted by Gasteiger charge is -2.18. The molecule has 0 radical (unpaired) electrons. The topological polar surface area (TPSA) is 42.4 Å². The van der Waals surface area contributed by atoms with Crippen LogP contribution in [0.15, 0.2) is 60.7 Å². The number of nitrogens with zero attached hydrogens (tertiary/aromatic N) is 1. The van der Waals surface area contributed by atoms with E-state index in [-0.39, 0.29) is 31.1 Å². The highest BCUT2D eigenvalue weighted by Crippen LogP contribution is 2.40. The Kier molecular flexibility index (Phi) is 6.37. The van der Waals surface area contributed by atoms with Crippen LogP contribution in [-0.2, 0) is 13.0 Å². The summed E-state index contributed by atoms with van der Waals surface area (Å²) < 4.78 is 34.0. The van der Waals surface area contributed by atoms with Crippen molar-refractivity contribution < 1.29 is 18.6 Å². The highest BCUT2D eigenvalue weighted by molar-refractivity contribution is 6.34. The maximum Gasteiger partial charge on any atom is 0.218 e. The van der Waals surface area contributed by atoms with Gasteiger partial charge in [0.1, 0.15) is 18.2 Å². The predicted octanol–water partition coefficient (Wildman–Crippen LogP) is 6.60. The first-order valence-electron chi connectivity index (χ1n) is 9.53. The molecule has 3 aromatic carbocycles. The molecular formula is C24H17Cl2F2NO2. The van der Waals surface area contributed by atoms with Gasteiger partial charge in [0.25, 0.3) is 0 Å². The van der Waals surface area contributed by atoms with Gasteiger partial charge in [0.15, 0.2) is 0 Å². The third-order valence-electron chi connectivity index (χ3n) is 4.93. The molecule has 0 bridgehead atoms. The Hall–Kier alpha value is -2.73. The summed E-state index contributed by atoms with van der Waals surface area (Å²) in [5, 5.41) is 11.5. The van der Waals surface area contributed by atoms with Crippen molar-refractivity contribution in [1.82, 2.24) is 4.98 Å². The lowest BCUT2D eigenvalue weighted by atomic mass is 9.94. The molecule has 0 aliphatic carbocycles. The number of fused-ring (bicyclic) bond motifs is 1. The summed E-state index contributed by atoms with van der Waals surface area (Å²) in [6.45, 7) is -0.541. The summed E-state index contributed by atoms with van der Waals surface area (Å²) in [6.07, 6.45) is 0.200. The molecule has 0 atom stereocenters. The lowest BCUT2D eigenvalue weighted by molar-refractivity contribution is 0.270. The number of pyridine rings is 1. The van der Waals surface area contributed by atoms with Crippen LogP contribution in [0.1, 0.15) is 11.1 Å². The molecule has 0 aliphatic rings. The molecule has 0 fully saturated rings. The van der Waals surface area contributed by atoms with Crippen LogP contribution in [0.2, 0.25) is 10.0 Å². The summed E-state index contributed by atoms with van der Waals surface area (Å²) in [5.74, 6) is -1.24. The van der Waals surface area contributed by atoms with Crippen molar-refractivity contribution in [3.8, 4) is 17.0 Å². The molecule has 4 aromatic rings. The van der Waals surface area contributed by atoms with Gasteiger partial charge in [-0.1, -0.05) is 47.5 Å². The van der Waals surface area contributed by atoms with Gasteiger partial charge in [-0.25, -0.2) is 13.8 Å². The zero-order chi connectivity index (χ0) is 22.0. The average molecular weight is 460 g/mol. The van der Waals surface area contributed by atoms with Crippen LogP contribution >= 0.6 is 23.2 Å². The fourth-order valence-corrected chi connectivity index (χ4v) is 3.90. The molecular weight excluding hydrogens is 443 g/mol. The van der Waals surface area contributed by atoms with E-state index < -0.39 is 11.6 Å². The van der Waals surface area contributed by atoms with Crippen molar-refractivity contribution in [1.29, 1.82) is 0 Å². The van der Waals surface area contributed by atoms with E-state index in [1.165, 1.54) is 18.2 Å². The Bertz CT molecular complexity index is 1240. The highest BCUT2D eigenvalue weighted by atomic mass is 35.5. The summed E-state index contributed by atoms with van der Waals surface area (Å²) in [4.78, 5) is 4.55. The van der Waals surface area contributed by atoms with Crippen LogP contribution in [0.3, 0.4) is 0 Å². The number of aliphatic hydroxyl groups excluding tert-OH is 1. The minimum Gasteiger partial charge on any atom is -0.472 e. The standard InChI is InChI=1S/C24H17Cl2F2NO2/c25-14-8-9-22-17(12-14)23(15-4-1-2-5-19(15)26)16(10-11-30)24(29-22)31-13-18-20(27)6-3-7-21(18)28/h1-9,12,30H,10-11,13H2. The number of hydrogen-bond donors (Lipinski definition) is 1. The van der Waals surface area contributed by atoms with Crippen molar-refractivity contribution in [3.63, 3.8) is 0 Å². The summed E-state index contributed by atoms with van der Waals surface area (Å²) in [6, 6.07) is 16.1. The van der Waals surface area contributed by atoms with Gasteiger partial charge in [0.2, 0.25) is 5.88 Å². The zero-order valence-electron chi connectivity index (χ0n) is 16.2. The van der Waals surface area contributed by atoms with Crippen LogP contribution in [0.5, 0.6) is 5.88 Å². The quantitative estimate of drug-likeness (QED) is 0.353. The highest BCUT2D eigenvalue weighted by Gasteiger charge is 2.20. The second-order valence-corrected chi connectivity index (χ2v) is 7.72. The number of hydrogen-bond acceptors (Lipinski definition) is 3. The van der Waals surface area contributed by atoms with Crippen LogP contribution < -0.4 is 4.74 Å². The molecule has 0 amide bonds. The number of aromatic nitrogens is 1. The lowest BCUT2D eigenvalue weighted by Crippen LogP contribution is -2.08. The summed E-state index contributed by atoms with van der Waals surface area (Å²) >= 11 is 12.7. The zero-order valence-corrected chi connectivity index (χ0v) is 17.7. The van der Waals surface area contributed by atoms with Gasteiger partial charge in [-0.2, -0.15) is 0 Å². The van der Waals surface area contributed by atoms with E-state index in [9.17, 15) is 13.9 Å². The molecule has 1 heterocycles. The van der Waals surface area contributed by atoms with E-state index >= 15 is 0 Å². The molecule has 4 rings (SSSR count). The van der Waals surface area contributed by atoms with Gasteiger partial charge < -0.3 is 9.84 Å². The Morgan fingerprint density at radius 1 is 0.903 bits per heavy atom. The molecule has 7 heteroatoms. The predicted molar refractivity (Wildman–Crippen MR) is 119 cm³/mol. The molecule has 0 saturated heterocycles. The first-order chi connectivity index (χ1) is 15.0. The number of rotatable bonds is 6. The third-order valence-corrected chi connectivity index (χ3v) is 5.49. The monoisotopic (exact) mass is 459 g/mol. The van der Waals surface area contributed by atoms with E-state index in [0.29, 0.717) is 32.3 Å². The fourth-order valence-electron chi connectivity index (χ4n) is 3.50. The normalized spacial score (nSPS) is 11.1. The first-order valence-corrected chi connectivity index (χ1v) is 10.3. The van der Waals surface area contributed by atoms with Gasteiger partial charge >= 0.3 is 0 Å². The van der Waals surface area contributed by atoms with E-state index in [4.69, 9.17) is 27.9 Å². The molecule has 0 aliphatic heterocycles. The molecule has 3 nitrogen and oxygen atoms in total. The van der Waals surface area contributed by atoms with Crippen LogP contribution in [0, 0.1) is 11.6 Å². The molecule has 0 saturated carbocycles. The van der Waals surface area contributed by atoms with E-state index in [2.05, 4.69) is 4.98 Å².